The molecule has 1 amide bonds. The van der Waals surface area contributed by atoms with Crippen LogP contribution in [0.25, 0.3) is 11.3 Å². The summed E-state index contributed by atoms with van der Waals surface area (Å²) >= 11 is 7.33. The van der Waals surface area contributed by atoms with E-state index in [4.69, 9.17) is 21.8 Å². The Morgan fingerprint density at radius 1 is 1.38 bits per heavy atom. The van der Waals surface area contributed by atoms with Crippen LogP contribution >= 0.6 is 48.2 Å². The van der Waals surface area contributed by atoms with Gasteiger partial charge in [0.1, 0.15) is 0 Å². The van der Waals surface area contributed by atoms with Crippen molar-refractivity contribution in [1.29, 1.82) is 0 Å². The second kappa shape index (κ2) is 11.6. The van der Waals surface area contributed by atoms with Crippen molar-refractivity contribution in [3.8, 4) is 11.3 Å². The lowest BCUT2D eigenvalue weighted by Gasteiger charge is -2.09. The van der Waals surface area contributed by atoms with E-state index in [0.717, 1.165) is 5.56 Å². The quantitative estimate of drug-likeness (QED) is 0.727. The van der Waals surface area contributed by atoms with Crippen LogP contribution < -0.4 is 11.1 Å². The molecule has 134 valence electrons. The number of oxazole rings is 1. The van der Waals surface area contributed by atoms with E-state index in [-0.39, 0.29) is 36.0 Å². The highest BCUT2D eigenvalue weighted by Crippen LogP contribution is 2.24. The van der Waals surface area contributed by atoms with Gasteiger partial charge in [-0.3, -0.25) is 4.79 Å². The van der Waals surface area contributed by atoms with Crippen molar-refractivity contribution in [2.75, 3.05) is 13.1 Å². The van der Waals surface area contributed by atoms with Gasteiger partial charge in [0.15, 0.2) is 5.76 Å². The molecule has 0 aliphatic heterocycles. The van der Waals surface area contributed by atoms with Crippen LogP contribution in [0.1, 0.15) is 12.8 Å². The maximum Gasteiger partial charge on any atom is 0.232 e. The molecule has 0 saturated heterocycles. The largest absolute Gasteiger partial charge is 0.440 e. The fourth-order valence-electron chi connectivity index (χ4n) is 1.74. The molecule has 0 spiro atoms. The van der Waals surface area contributed by atoms with Gasteiger partial charge in [-0.1, -0.05) is 11.6 Å². The first kappa shape index (κ1) is 23.1. The van der Waals surface area contributed by atoms with Crippen LogP contribution in [0.5, 0.6) is 0 Å². The molecule has 5 nitrogen and oxygen atoms in total. The molecule has 2 aromatic rings. The lowest BCUT2D eigenvalue weighted by Crippen LogP contribution is -2.34. The number of nitrogens with zero attached hydrogens (tertiary/aromatic N) is 1. The van der Waals surface area contributed by atoms with Crippen molar-refractivity contribution in [2.24, 2.45) is 5.73 Å². The van der Waals surface area contributed by atoms with Crippen molar-refractivity contribution < 1.29 is 9.21 Å². The molecule has 0 fully saturated rings. The fourth-order valence-corrected chi connectivity index (χ4v) is 2.62. The summed E-state index contributed by atoms with van der Waals surface area (Å²) in [6, 6.07) is 7.36. The van der Waals surface area contributed by atoms with Crippen LogP contribution in [-0.2, 0) is 10.5 Å². The van der Waals surface area contributed by atoms with Crippen LogP contribution in [0.3, 0.4) is 0 Å². The van der Waals surface area contributed by atoms with E-state index < -0.39 is 0 Å². The van der Waals surface area contributed by atoms with Crippen molar-refractivity contribution in [3.63, 3.8) is 0 Å². The van der Waals surface area contributed by atoms with Gasteiger partial charge in [-0.25, -0.2) is 4.98 Å². The van der Waals surface area contributed by atoms with Crippen LogP contribution in [-0.4, -0.2) is 29.2 Å². The maximum atomic E-state index is 11.7. The molecule has 9 heteroatoms. The molecular weight excluding hydrogens is 393 g/mol. The Balaban J connectivity index is 0.00000264. The molecule has 3 N–H and O–H groups in total. The summed E-state index contributed by atoms with van der Waals surface area (Å²) in [5.41, 5.74) is 6.27. The molecule has 0 aliphatic carbocycles. The standard InChI is InChI=1S/C15H18ClN3O2S.2ClH/c1-10(15(20)18-7-6-17)22-9-14-19-8-13(21-14)11-2-4-12(16)5-3-11;;/h2-5,8,10H,6-7,9,17H2,1H3,(H,18,20);2*1H. The Hall–Kier alpha value is -0.920. The molecule has 0 radical (unpaired) electrons. The van der Waals surface area contributed by atoms with Crippen molar-refractivity contribution in [1.82, 2.24) is 10.3 Å². The van der Waals surface area contributed by atoms with Gasteiger partial charge in [-0.2, -0.15) is 0 Å². The van der Waals surface area contributed by atoms with Gasteiger partial charge in [0.05, 0.1) is 17.2 Å². The number of carbonyl (C=O) groups excluding carboxylic acids is 1. The minimum absolute atomic E-state index is 0. The fraction of sp³-hybridized carbons (Fsp3) is 0.333. The Morgan fingerprint density at radius 2 is 2.04 bits per heavy atom. The maximum absolute atomic E-state index is 11.7. The number of benzene rings is 1. The van der Waals surface area contributed by atoms with E-state index in [1.807, 2.05) is 19.1 Å². The predicted octanol–water partition coefficient (Wildman–Crippen LogP) is 3.54. The molecule has 0 saturated carbocycles. The molecule has 0 bridgehead atoms. The number of halogens is 3. The Labute approximate surface area is 162 Å². The van der Waals surface area contributed by atoms with Crippen LogP contribution in [0.2, 0.25) is 5.02 Å². The summed E-state index contributed by atoms with van der Waals surface area (Å²) in [5, 5.41) is 3.25. The van der Waals surface area contributed by atoms with Crippen LogP contribution in [0.4, 0.5) is 0 Å². The second-order valence-corrected chi connectivity index (χ2v) is 6.42. The Kier molecular flexibility index (Phi) is 11.2. The number of thioether (sulfide) groups is 1. The number of nitrogens with one attached hydrogen (secondary N) is 1. The third-order valence-electron chi connectivity index (χ3n) is 2.95. The average Bonchev–Trinajstić information content (AvgIpc) is 2.99. The Bertz CT molecular complexity index is 623. The van der Waals surface area contributed by atoms with E-state index in [0.29, 0.717) is 35.5 Å². The summed E-state index contributed by atoms with van der Waals surface area (Å²) in [7, 11) is 0. The first-order chi connectivity index (χ1) is 10.6. The minimum atomic E-state index is -0.183. The summed E-state index contributed by atoms with van der Waals surface area (Å²) in [6.45, 7) is 2.77. The molecular formula is C15H20Cl3N3O2S. The molecule has 0 aliphatic rings. The third kappa shape index (κ3) is 6.91. The number of hydrogen-bond acceptors (Lipinski definition) is 5. The summed E-state index contributed by atoms with van der Waals surface area (Å²) < 4.78 is 5.69. The highest BCUT2D eigenvalue weighted by Gasteiger charge is 2.14. The molecule has 1 aromatic carbocycles. The number of hydrogen-bond donors (Lipinski definition) is 2. The number of rotatable bonds is 7. The van der Waals surface area contributed by atoms with E-state index in [1.54, 1.807) is 18.3 Å². The highest BCUT2D eigenvalue weighted by molar-refractivity contribution is 7.99. The number of nitrogens with two attached hydrogens (primary N) is 1. The zero-order chi connectivity index (χ0) is 15.9. The van der Waals surface area contributed by atoms with Crippen molar-refractivity contribution in [2.45, 2.75) is 17.9 Å². The zero-order valence-corrected chi connectivity index (χ0v) is 16.2. The van der Waals surface area contributed by atoms with Crippen LogP contribution in [0, 0.1) is 0 Å². The van der Waals surface area contributed by atoms with Gasteiger partial charge >= 0.3 is 0 Å². The Morgan fingerprint density at radius 3 is 2.67 bits per heavy atom. The number of aromatic nitrogens is 1. The zero-order valence-electron chi connectivity index (χ0n) is 13.0. The lowest BCUT2D eigenvalue weighted by atomic mass is 10.2. The van der Waals surface area contributed by atoms with Crippen LogP contribution in [0.15, 0.2) is 34.9 Å². The topological polar surface area (TPSA) is 81.2 Å². The van der Waals surface area contributed by atoms with E-state index in [2.05, 4.69) is 10.3 Å². The average molecular weight is 413 g/mol. The van der Waals surface area contributed by atoms with Gasteiger partial charge in [0.25, 0.3) is 0 Å². The van der Waals surface area contributed by atoms with E-state index in [1.165, 1.54) is 11.8 Å². The van der Waals surface area contributed by atoms with Gasteiger partial charge in [-0.05, 0) is 31.2 Å². The molecule has 1 heterocycles. The van der Waals surface area contributed by atoms with Gasteiger partial charge in [-0.15, -0.1) is 36.6 Å². The van der Waals surface area contributed by atoms with Gasteiger partial charge in [0, 0.05) is 23.7 Å². The monoisotopic (exact) mass is 411 g/mol. The smallest absolute Gasteiger partial charge is 0.232 e. The predicted molar refractivity (Wildman–Crippen MR) is 104 cm³/mol. The number of carbonyl (C=O) groups is 1. The summed E-state index contributed by atoms with van der Waals surface area (Å²) in [5.74, 6) is 1.78. The summed E-state index contributed by atoms with van der Waals surface area (Å²) in [4.78, 5) is 16.0. The van der Waals surface area contributed by atoms with Crippen molar-refractivity contribution in [3.05, 3.63) is 41.4 Å². The van der Waals surface area contributed by atoms with E-state index in [9.17, 15) is 4.79 Å². The third-order valence-corrected chi connectivity index (χ3v) is 4.33. The van der Waals surface area contributed by atoms with Gasteiger partial charge < -0.3 is 15.5 Å². The SMILES string of the molecule is CC(SCc1ncc(-c2ccc(Cl)cc2)o1)C(=O)NCCN.Cl.Cl. The lowest BCUT2D eigenvalue weighted by molar-refractivity contribution is -0.120. The minimum Gasteiger partial charge on any atom is -0.440 e. The number of amides is 1. The normalized spacial score (nSPS) is 11.1. The van der Waals surface area contributed by atoms with Crippen molar-refractivity contribution >= 4 is 54.1 Å². The van der Waals surface area contributed by atoms with E-state index >= 15 is 0 Å². The molecule has 1 unspecified atom stereocenters. The van der Waals surface area contributed by atoms with Gasteiger partial charge in [0.2, 0.25) is 11.8 Å². The second-order valence-electron chi connectivity index (χ2n) is 4.66. The highest BCUT2D eigenvalue weighted by atomic mass is 35.5. The first-order valence-electron chi connectivity index (χ1n) is 6.90. The summed E-state index contributed by atoms with van der Waals surface area (Å²) in [6.07, 6.45) is 1.68. The first-order valence-corrected chi connectivity index (χ1v) is 8.33. The molecule has 1 aromatic heterocycles. The molecule has 1 atom stereocenters. The molecule has 2 rings (SSSR count). The molecule has 24 heavy (non-hydrogen) atoms.